The van der Waals surface area contributed by atoms with Crippen LogP contribution >= 0.6 is 11.6 Å². The van der Waals surface area contributed by atoms with Crippen LogP contribution < -0.4 is 10.9 Å². The van der Waals surface area contributed by atoms with Gasteiger partial charge in [-0.2, -0.15) is 0 Å². The number of pyridine rings is 2. The van der Waals surface area contributed by atoms with Gasteiger partial charge in [-0.05, 0) is 55.4 Å². The van der Waals surface area contributed by atoms with Gasteiger partial charge < -0.3 is 5.32 Å². The van der Waals surface area contributed by atoms with Crippen LogP contribution in [0.2, 0.25) is 5.02 Å². The molecule has 0 bridgehead atoms. The Balaban J connectivity index is 1.98. The number of halogens is 2. The van der Waals surface area contributed by atoms with Crippen molar-refractivity contribution >= 4 is 40.6 Å². The van der Waals surface area contributed by atoms with Gasteiger partial charge in [-0.25, -0.2) is 9.38 Å². The lowest BCUT2D eigenvalue weighted by Gasteiger charge is -2.19. The first-order valence-electron chi connectivity index (χ1n) is 10.2. The molecule has 0 radical (unpaired) electrons. The number of anilines is 1. The predicted octanol–water partition coefficient (Wildman–Crippen LogP) is 5.43. The van der Waals surface area contributed by atoms with Gasteiger partial charge in [0.15, 0.2) is 5.84 Å². The zero-order valence-corrected chi connectivity index (χ0v) is 18.8. The summed E-state index contributed by atoms with van der Waals surface area (Å²) in [5.41, 5.74) is 2.06. The van der Waals surface area contributed by atoms with E-state index < -0.39 is 17.4 Å². The highest BCUT2D eigenvalue weighted by atomic mass is 35.5. The molecule has 8 heteroatoms. The van der Waals surface area contributed by atoms with E-state index >= 15 is 0 Å². The Bertz CT molecular complexity index is 1430. The zero-order chi connectivity index (χ0) is 23.5. The lowest BCUT2D eigenvalue weighted by atomic mass is 10.1. The molecule has 33 heavy (non-hydrogen) atoms. The molecule has 0 spiro atoms. The molecule has 4 aromatic rings. The lowest BCUT2D eigenvalue weighted by molar-refractivity contribution is 0.629. The Hall–Kier alpha value is -3.84. The Labute approximate surface area is 195 Å². The van der Waals surface area contributed by atoms with Crippen molar-refractivity contribution in [3.05, 3.63) is 99.4 Å². The molecule has 6 nitrogen and oxygen atoms in total. The summed E-state index contributed by atoms with van der Waals surface area (Å²) in [6.07, 6.45) is 1.65. The third kappa shape index (κ3) is 4.15. The van der Waals surface area contributed by atoms with Crippen LogP contribution in [-0.2, 0) is 0 Å². The Morgan fingerprint density at radius 1 is 1.18 bits per heavy atom. The number of aliphatic imine (C=N–C) groups is 2. The van der Waals surface area contributed by atoms with Crippen LogP contribution in [0.4, 0.5) is 10.1 Å². The van der Waals surface area contributed by atoms with Crippen molar-refractivity contribution in [1.29, 1.82) is 0 Å². The second-order valence-electron chi connectivity index (χ2n) is 7.31. The summed E-state index contributed by atoms with van der Waals surface area (Å²) in [5.74, 6) is -0.315. The highest BCUT2D eigenvalue weighted by Crippen LogP contribution is 2.29. The van der Waals surface area contributed by atoms with E-state index in [0.29, 0.717) is 28.3 Å². The molecule has 2 aromatic heterocycles. The highest BCUT2D eigenvalue weighted by molar-refractivity contribution is 6.35. The largest absolute Gasteiger partial charge is 0.386 e. The second kappa shape index (κ2) is 9.34. The minimum absolute atomic E-state index is 0.115. The summed E-state index contributed by atoms with van der Waals surface area (Å²) in [7, 11) is 1.78. The van der Waals surface area contributed by atoms with Crippen molar-refractivity contribution in [3.63, 3.8) is 0 Å². The molecule has 0 fully saturated rings. The quantitative estimate of drug-likeness (QED) is 0.318. The first-order chi connectivity index (χ1) is 16.0. The number of hydrogen-bond acceptors (Lipinski definition) is 4. The topological polar surface area (TPSA) is 71.6 Å². The minimum Gasteiger partial charge on any atom is -0.386 e. The summed E-state index contributed by atoms with van der Waals surface area (Å²) < 4.78 is 15.7. The van der Waals surface area contributed by atoms with E-state index in [9.17, 15) is 9.18 Å². The number of aromatic nitrogens is 2. The maximum absolute atomic E-state index is 14.2. The normalized spacial score (nSPS) is 12.5. The van der Waals surface area contributed by atoms with Crippen LogP contribution in [0.3, 0.4) is 0 Å². The first-order valence-corrected chi connectivity index (χ1v) is 10.6. The van der Waals surface area contributed by atoms with E-state index in [4.69, 9.17) is 16.6 Å². The van der Waals surface area contributed by atoms with Crippen LogP contribution in [0.5, 0.6) is 0 Å². The fraction of sp³-hybridized carbons (Fsp3) is 0.120. The van der Waals surface area contributed by atoms with Crippen LogP contribution in [0.15, 0.2) is 81.6 Å². The standard InChI is InChI=1S/C25H21ClFN5O/c1-15(31-24(29-3)23-19(28-2)10-7-13-30-23)20-14-16-11-12-18(27)22(26)21(16)25(33)32(20)17-8-5-4-6-9-17/h4-15,28H,3H2,1-2H3/t15-/m0/s1. The number of hydrogen-bond donors (Lipinski definition) is 1. The Kier molecular flexibility index (Phi) is 6.33. The molecule has 4 rings (SSSR count). The van der Waals surface area contributed by atoms with Gasteiger partial charge in [-0.1, -0.05) is 35.9 Å². The Morgan fingerprint density at radius 3 is 2.64 bits per heavy atom. The number of nitrogens with one attached hydrogen (secondary N) is 1. The Morgan fingerprint density at radius 2 is 1.94 bits per heavy atom. The summed E-state index contributed by atoms with van der Waals surface area (Å²) in [4.78, 5) is 26.8. The average Bonchev–Trinajstić information content (AvgIpc) is 2.84. The van der Waals surface area contributed by atoms with E-state index in [-0.39, 0.29) is 10.4 Å². The van der Waals surface area contributed by atoms with Gasteiger partial charge in [-0.3, -0.25) is 19.3 Å². The van der Waals surface area contributed by atoms with Crippen molar-refractivity contribution in [2.45, 2.75) is 13.0 Å². The van der Waals surface area contributed by atoms with Crippen molar-refractivity contribution in [3.8, 4) is 5.69 Å². The van der Waals surface area contributed by atoms with E-state index in [1.165, 1.54) is 16.7 Å². The van der Waals surface area contributed by atoms with Gasteiger partial charge in [0.2, 0.25) is 0 Å². The van der Waals surface area contributed by atoms with Crippen LogP contribution in [-0.4, -0.2) is 29.2 Å². The number of benzene rings is 2. The smallest absolute Gasteiger partial charge is 0.264 e. The molecule has 2 heterocycles. The molecule has 2 aromatic carbocycles. The third-order valence-electron chi connectivity index (χ3n) is 5.30. The summed E-state index contributed by atoms with van der Waals surface area (Å²) in [6.45, 7) is 5.50. The minimum atomic E-state index is -0.646. The summed E-state index contributed by atoms with van der Waals surface area (Å²) in [5, 5.41) is 3.51. The maximum Gasteiger partial charge on any atom is 0.264 e. The third-order valence-corrected chi connectivity index (χ3v) is 5.67. The molecule has 0 saturated heterocycles. The van der Waals surface area contributed by atoms with E-state index in [2.05, 4.69) is 22.0 Å². The van der Waals surface area contributed by atoms with Gasteiger partial charge in [0, 0.05) is 18.9 Å². The summed E-state index contributed by atoms with van der Waals surface area (Å²) in [6, 6.07) is 16.8. The summed E-state index contributed by atoms with van der Waals surface area (Å²) >= 11 is 6.19. The predicted molar refractivity (Wildman–Crippen MR) is 133 cm³/mol. The first kappa shape index (κ1) is 22.4. The molecule has 1 N–H and O–H groups in total. The lowest BCUT2D eigenvalue weighted by Crippen LogP contribution is -2.24. The average molecular weight is 462 g/mol. The number of rotatable bonds is 5. The molecular weight excluding hydrogens is 441 g/mol. The number of para-hydroxylation sites is 1. The molecule has 1 atom stereocenters. The van der Waals surface area contributed by atoms with Crippen molar-refractivity contribution in [2.75, 3.05) is 12.4 Å². The van der Waals surface area contributed by atoms with Gasteiger partial charge in [-0.15, -0.1) is 0 Å². The van der Waals surface area contributed by atoms with Crippen molar-refractivity contribution < 1.29 is 4.39 Å². The van der Waals surface area contributed by atoms with E-state index in [1.807, 2.05) is 31.2 Å². The molecule has 0 aliphatic rings. The molecule has 0 unspecified atom stereocenters. The van der Waals surface area contributed by atoms with Gasteiger partial charge >= 0.3 is 0 Å². The molecule has 0 aliphatic heterocycles. The van der Waals surface area contributed by atoms with E-state index in [0.717, 1.165) is 5.69 Å². The van der Waals surface area contributed by atoms with Crippen LogP contribution in [0, 0.1) is 5.82 Å². The van der Waals surface area contributed by atoms with E-state index in [1.54, 1.807) is 37.5 Å². The fourth-order valence-electron chi connectivity index (χ4n) is 3.72. The number of nitrogens with zero attached hydrogens (tertiary/aromatic N) is 4. The highest BCUT2D eigenvalue weighted by Gasteiger charge is 2.20. The fourth-order valence-corrected chi connectivity index (χ4v) is 3.97. The monoisotopic (exact) mass is 461 g/mol. The molecule has 0 aliphatic carbocycles. The molecule has 0 saturated carbocycles. The zero-order valence-electron chi connectivity index (χ0n) is 18.1. The van der Waals surface area contributed by atoms with Crippen molar-refractivity contribution in [2.24, 2.45) is 9.98 Å². The maximum atomic E-state index is 14.2. The molecular formula is C25H21ClFN5O. The number of fused-ring (bicyclic) bond motifs is 1. The van der Waals surface area contributed by atoms with Gasteiger partial charge in [0.05, 0.1) is 27.8 Å². The second-order valence-corrected chi connectivity index (χ2v) is 7.69. The molecule has 166 valence electrons. The van der Waals surface area contributed by atoms with Gasteiger partial charge in [0.1, 0.15) is 11.5 Å². The molecule has 0 amide bonds. The van der Waals surface area contributed by atoms with Crippen LogP contribution in [0.1, 0.15) is 24.4 Å². The van der Waals surface area contributed by atoms with Gasteiger partial charge in [0.25, 0.3) is 5.56 Å². The van der Waals surface area contributed by atoms with Crippen molar-refractivity contribution in [1.82, 2.24) is 9.55 Å². The SMILES string of the molecule is C=NC(=N[C@@H](C)c1cc2ccc(F)c(Cl)c2c(=O)n1-c1ccccc1)c1ncccc1NC. The number of amidine groups is 1. The van der Waals surface area contributed by atoms with Crippen LogP contribution in [0.25, 0.3) is 16.5 Å².